The van der Waals surface area contributed by atoms with Gasteiger partial charge in [-0.15, -0.1) is 11.8 Å². The summed E-state index contributed by atoms with van der Waals surface area (Å²) in [5.41, 5.74) is 2.82. The molecule has 1 aliphatic heterocycles. The summed E-state index contributed by atoms with van der Waals surface area (Å²) in [7, 11) is 1.61. The molecule has 0 fully saturated rings. The highest BCUT2D eigenvalue weighted by Gasteiger charge is 2.44. The SMILES string of the molecule is COc1ccc([C@H]2SC(c3ccccc3)=C[C@@H](Nc3ccccc3)[C@@H]2[N+](=O)[O-])cc1. The lowest BCUT2D eigenvalue weighted by atomic mass is 9.96. The van der Waals surface area contributed by atoms with Crippen molar-refractivity contribution < 1.29 is 9.66 Å². The molecule has 3 aromatic carbocycles. The molecule has 1 N–H and O–H groups in total. The van der Waals surface area contributed by atoms with E-state index in [1.165, 1.54) is 0 Å². The summed E-state index contributed by atoms with van der Waals surface area (Å²) < 4.78 is 5.26. The third-order valence-electron chi connectivity index (χ3n) is 5.12. The molecule has 0 unspecified atom stereocenters. The van der Waals surface area contributed by atoms with E-state index < -0.39 is 12.1 Å². The maximum Gasteiger partial charge on any atom is 0.252 e. The predicted molar refractivity (Wildman–Crippen MR) is 122 cm³/mol. The van der Waals surface area contributed by atoms with Crippen molar-refractivity contribution in [1.82, 2.24) is 0 Å². The van der Waals surface area contributed by atoms with E-state index in [0.29, 0.717) is 0 Å². The number of thioether (sulfide) groups is 1. The minimum Gasteiger partial charge on any atom is -0.497 e. The lowest BCUT2D eigenvalue weighted by molar-refractivity contribution is -0.523. The van der Waals surface area contributed by atoms with Crippen LogP contribution in [0.4, 0.5) is 5.69 Å². The average molecular weight is 419 g/mol. The van der Waals surface area contributed by atoms with Gasteiger partial charge in [0.25, 0.3) is 6.04 Å². The van der Waals surface area contributed by atoms with Crippen LogP contribution in [0.5, 0.6) is 5.75 Å². The van der Waals surface area contributed by atoms with Gasteiger partial charge in [-0.2, -0.15) is 0 Å². The first-order chi connectivity index (χ1) is 14.7. The minimum absolute atomic E-state index is 0.166. The van der Waals surface area contributed by atoms with E-state index in [9.17, 15) is 10.1 Å². The number of para-hydroxylation sites is 1. The van der Waals surface area contributed by atoms with Crippen LogP contribution in [0.25, 0.3) is 4.91 Å². The highest BCUT2D eigenvalue weighted by atomic mass is 32.2. The third-order valence-corrected chi connectivity index (χ3v) is 6.55. The molecular formula is C24H22N2O3S. The molecule has 4 rings (SSSR count). The zero-order chi connectivity index (χ0) is 20.9. The number of ether oxygens (including phenoxy) is 1. The molecule has 0 bridgehead atoms. The quantitative estimate of drug-likeness (QED) is 0.414. The number of hydrogen-bond acceptors (Lipinski definition) is 5. The zero-order valence-corrected chi connectivity index (χ0v) is 17.3. The number of benzene rings is 3. The number of methoxy groups -OCH3 is 1. The van der Waals surface area contributed by atoms with Crippen LogP contribution in [0.1, 0.15) is 16.4 Å². The van der Waals surface area contributed by atoms with Crippen LogP contribution in [0.3, 0.4) is 0 Å². The third kappa shape index (κ3) is 4.33. The fourth-order valence-corrected chi connectivity index (χ4v) is 5.09. The van der Waals surface area contributed by atoms with Gasteiger partial charge in [-0.25, -0.2) is 0 Å². The summed E-state index contributed by atoms with van der Waals surface area (Å²) in [6, 6.07) is 25.9. The van der Waals surface area contributed by atoms with Crippen LogP contribution in [0, 0.1) is 10.1 Å². The van der Waals surface area contributed by atoms with E-state index in [1.807, 2.05) is 91.0 Å². The summed E-state index contributed by atoms with van der Waals surface area (Å²) in [5.74, 6) is 0.731. The van der Waals surface area contributed by atoms with E-state index in [2.05, 4.69) is 5.32 Å². The molecule has 0 aliphatic carbocycles. The van der Waals surface area contributed by atoms with Crippen molar-refractivity contribution in [2.24, 2.45) is 0 Å². The molecule has 0 aromatic heterocycles. The van der Waals surface area contributed by atoms with E-state index in [-0.39, 0.29) is 10.2 Å². The van der Waals surface area contributed by atoms with Gasteiger partial charge in [-0.3, -0.25) is 10.1 Å². The van der Waals surface area contributed by atoms with Crippen molar-refractivity contribution in [3.8, 4) is 5.75 Å². The van der Waals surface area contributed by atoms with Crippen LogP contribution in [-0.4, -0.2) is 24.1 Å². The van der Waals surface area contributed by atoms with Gasteiger partial charge < -0.3 is 10.1 Å². The fourth-order valence-electron chi connectivity index (χ4n) is 3.62. The molecule has 0 spiro atoms. The maximum absolute atomic E-state index is 12.2. The minimum atomic E-state index is -0.823. The first-order valence-electron chi connectivity index (χ1n) is 9.68. The summed E-state index contributed by atoms with van der Waals surface area (Å²) in [6.07, 6.45) is 1.99. The Bertz CT molecular complexity index is 1020. The lowest BCUT2D eigenvalue weighted by Gasteiger charge is -2.32. The smallest absolute Gasteiger partial charge is 0.252 e. The van der Waals surface area contributed by atoms with Crippen LogP contribution in [-0.2, 0) is 0 Å². The van der Waals surface area contributed by atoms with Gasteiger partial charge in [0, 0.05) is 15.5 Å². The van der Waals surface area contributed by atoms with Gasteiger partial charge >= 0.3 is 0 Å². The monoisotopic (exact) mass is 418 g/mol. The molecule has 152 valence electrons. The predicted octanol–water partition coefficient (Wildman–Crippen LogP) is 5.65. The second-order valence-electron chi connectivity index (χ2n) is 7.02. The van der Waals surface area contributed by atoms with Crippen LogP contribution in [0.15, 0.2) is 91.0 Å². The van der Waals surface area contributed by atoms with Crippen molar-refractivity contribution >= 4 is 22.4 Å². The van der Waals surface area contributed by atoms with Gasteiger partial charge in [-0.1, -0.05) is 60.7 Å². The van der Waals surface area contributed by atoms with Crippen molar-refractivity contribution in [2.75, 3.05) is 12.4 Å². The molecule has 6 heteroatoms. The van der Waals surface area contributed by atoms with E-state index >= 15 is 0 Å². The van der Waals surface area contributed by atoms with Crippen molar-refractivity contribution in [1.29, 1.82) is 0 Å². The Morgan fingerprint density at radius 3 is 2.17 bits per heavy atom. The Kier molecular flexibility index (Phi) is 6.05. The normalized spacial score (nSPS) is 20.8. The fraction of sp³-hybridized carbons (Fsp3) is 0.167. The van der Waals surface area contributed by atoms with E-state index in [1.54, 1.807) is 18.9 Å². The van der Waals surface area contributed by atoms with Crippen LogP contribution < -0.4 is 10.1 Å². The number of nitro groups is 1. The van der Waals surface area contributed by atoms with E-state index in [0.717, 1.165) is 27.5 Å². The van der Waals surface area contributed by atoms with Gasteiger partial charge in [0.1, 0.15) is 17.0 Å². The number of anilines is 1. The Morgan fingerprint density at radius 2 is 1.57 bits per heavy atom. The molecule has 0 radical (unpaired) electrons. The molecular weight excluding hydrogens is 396 g/mol. The van der Waals surface area contributed by atoms with Crippen molar-refractivity contribution in [2.45, 2.75) is 17.3 Å². The Labute approximate surface area is 179 Å². The Hall–Kier alpha value is -3.25. The Balaban J connectivity index is 1.76. The molecule has 3 aromatic rings. The number of rotatable bonds is 6. The molecule has 0 saturated carbocycles. The number of nitrogens with one attached hydrogen (secondary N) is 1. The zero-order valence-electron chi connectivity index (χ0n) is 16.5. The molecule has 5 nitrogen and oxygen atoms in total. The number of hydrogen-bond donors (Lipinski definition) is 1. The topological polar surface area (TPSA) is 64.4 Å². The van der Waals surface area contributed by atoms with Gasteiger partial charge in [0.05, 0.1) is 7.11 Å². The standard InChI is InChI=1S/C24H22N2O3S/c1-29-20-14-12-18(13-15-20)24-23(26(27)28)21(25-19-10-6-3-7-11-19)16-22(30-24)17-8-4-2-5-9-17/h2-16,21,23-25H,1H3/t21-,23+,24-/m1/s1. The van der Waals surface area contributed by atoms with Gasteiger partial charge in [-0.05, 0) is 41.5 Å². The summed E-state index contributed by atoms with van der Waals surface area (Å²) in [4.78, 5) is 13.1. The van der Waals surface area contributed by atoms with Crippen LogP contribution >= 0.6 is 11.8 Å². The molecule has 0 saturated heterocycles. The molecule has 1 aliphatic rings. The largest absolute Gasteiger partial charge is 0.497 e. The van der Waals surface area contributed by atoms with Gasteiger partial charge in [0.2, 0.25) is 0 Å². The molecule has 1 heterocycles. The van der Waals surface area contributed by atoms with Crippen LogP contribution in [0.2, 0.25) is 0 Å². The maximum atomic E-state index is 12.2. The molecule has 3 atom stereocenters. The second-order valence-corrected chi connectivity index (χ2v) is 8.20. The summed E-state index contributed by atoms with van der Waals surface area (Å²) >= 11 is 1.54. The molecule has 30 heavy (non-hydrogen) atoms. The highest BCUT2D eigenvalue weighted by Crippen LogP contribution is 2.48. The first kappa shape index (κ1) is 20.0. The first-order valence-corrected chi connectivity index (χ1v) is 10.6. The average Bonchev–Trinajstić information content (AvgIpc) is 2.79. The number of nitrogens with zero attached hydrogens (tertiary/aromatic N) is 1. The molecule has 0 amide bonds. The Morgan fingerprint density at radius 1 is 0.933 bits per heavy atom. The highest BCUT2D eigenvalue weighted by molar-refractivity contribution is 8.08. The lowest BCUT2D eigenvalue weighted by Crippen LogP contribution is -2.43. The summed E-state index contributed by atoms with van der Waals surface area (Å²) in [5, 5.41) is 15.2. The second kappa shape index (κ2) is 9.05. The summed E-state index contributed by atoms with van der Waals surface area (Å²) in [6.45, 7) is 0. The van der Waals surface area contributed by atoms with Crippen molar-refractivity contribution in [3.05, 3.63) is 112 Å². The van der Waals surface area contributed by atoms with Crippen molar-refractivity contribution in [3.63, 3.8) is 0 Å². The van der Waals surface area contributed by atoms with Gasteiger partial charge in [0.15, 0.2) is 0 Å². The van der Waals surface area contributed by atoms with E-state index in [4.69, 9.17) is 4.74 Å².